The van der Waals surface area contributed by atoms with Crippen molar-refractivity contribution in [2.45, 2.75) is 58.2 Å². The van der Waals surface area contributed by atoms with Crippen LogP contribution in [0.4, 0.5) is 0 Å². The van der Waals surface area contributed by atoms with E-state index >= 15 is 0 Å². The number of nitrogens with zero attached hydrogens (tertiary/aromatic N) is 1. The van der Waals surface area contributed by atoms with Crippen LogP contribution in [0.1, 0.15) is 46.5 Å². The van der Waals surface area contributed by atoms with E-state index in [0.29, 0.717) is 26.1 Å². The first-order chi connectivity index (χ1) is 18.1. The lowest BCUT2D eigenvalue weighted by molar-refractivity contribution is -0.262. The molecule has 1 heterocycles. The van der Waals surface area contributed by atoms with Gasteiger partial charge in [-0.25, -0.2) is 0 Å². The van der Waals surface area contributed by atoms with E-state index in [4.69, 9.17) is 9.57 Å². The van der Waals surface area contributed by atoms with Gasteiger partial charge in [-0.3, -0.25) is 14.4 Å². The summed E-state index contributed by atoms with van der Waals surface area (Å²) in [5.74, 6) is 0.749. The number of hydroxylamine groups is 2. The van der Waals surface area contributed by atoms with Gasteiger partial charge in [0.2, 0.25) is 0 Å². The molecular formula is C31H39NO6. The van der Waals surface area contributed by atoms with Gasteiger partial charge in [-0.05, 0) is 61.8 Å². The van der Waals surface area contributed by atoms with Crippen molar-refractivity contribution in [1.82, 2.24) is 5.06 Å². The number of carbonyl (C=O) groups is 2. The van der Waals surface area contributed by atoms with Crippen LogP contribution in [0, 0.1) is 34.0 Å². The maximum atomic E-state index is 13.6. The summed E-state index contributed by atoms with van der Waals surface area (Å²) in [5.41, 5.74) is -1.58. The van der Waals surface area contributed by atoms with Crippen LogP contribution < -0.4 is 4.74 Å². The van der Waals surface area contributed by atoms with Crippen LogP contribution in [0.2, 0.25) is 0 Å². The van der Waals surface area contributed by atoms with Gasteiger partial charge in [0.15, 0.2) is 17.2 Å². The third-order valence-corrected chi connectivity index (χ3v) is 11.4. The van der Waals surface area contributed by atoms with E-state index in [0.717, 1.165) is 30.6 Å². The fourth-order valence-electron chi connectivity index (χ4n) is 9.29. The van der Waals surface area contributed by atoms with Gasteiger partial charge in [0.25, 0.3) is 0 Å². The highest BCUT2D eigenvalue weighted by molar-refractivity contribution is 6.01. The largest absolute Gasteiger partial charge is 0.492 e. The Morgan fingerprint density at radius 1 is 1.18 bits per heavy atom. The molecule has 1 aromatic carbocycles. The van der Waals surface area contributed by atoms with E-state index in [1.807, 2.05) is 41.5 Å². The number of fused-ring (bicyclic) bond motifs is 7. The summed E-state index contributed by atoms with van der Waals surface area (Å²) in [6, 6.07) is 9.61. The van der Waals surface area contributed by atoms with E-state index in [1.54, 1.807) is 12.2 Å². The Bertz CT molecular complexity index is 1200. The zero-order valence-electron chi connectivity index (χ0n) is 22.6. The van der Waals surface area contributed by atoms with Crippen LogP contribution in [0.15, 0.2) is 54.1 Å². The number of para-hydroxylation sites is 1. The van der Waals surface area contributed by atoms with Crippen molar-refractivity contribution in [3.63, 3.8) is 0 Å². The summed E-state index contributed by atoms with van der Waals surface area (Å²) in [6.07, 6.45) is 7.62. The van der Waals surface area contributed by atoms with Gasteiger partial charge in [-0.15, -0.1) is 0 Å². The lowest BCUT2D eigenvalue weighted by Gasteiger charge is -2.65. The first kappa shape index (κ1) is 25.9. The minimum atomic E-state index is -1.17. The molecule has 8 atom stereocenters. The average molecular weight is 522 g/mol. The molecule has 0 bridgehead atoms. The molecule has 0 spiro atoms. The Kier molecular flexibility index (Phi) is 6.04. The monoisotopic (exact) mass is 521 g/mol. The molecule has 0 radical (unpaired) electrons. The van der Waals surface area contributed by atoms with Crippen molar-refractivity contribution in [2.24, 2.45) is 34.0 Å². The first-order valence-electron chi connectivity index (χ1n) is 14.0. The Morgan fingerprint density at radius 2 is 1.95 bits per heavy atom. The number of benzene rings is 1. The van der Waals surface area contributed by atoms with Crippen LogP contribution in [-0.4, -0.2) is 64.9 Å². The van der Waals surface area contributed by atoms with Gasteiger partial charge in [-0.1, -0.05) is 50.6 Å². The third-order valence-electron chi connectivity index (χ3n) is 11.4. The molecule has 5 aliphatic rings. The van der Waals surface area contributed by atoms with Crippen LogP contribution in [0.5, 0.6) is 5.75 Å². The fourth-order valence-corrected chi connectivity index (χ4v) is 9.29. The number of aliphatic hydroxyl groups is 2. The lowest BCUT2D eigenvalue weighted by Crippen LogP contribution is -2.67. The highest BCUT2D eigenvalue weighted by Gasteiger charge is 2.77. The predicted molar refractivity (Wildman–Crippen MR) is 141 cm³/mol. The Morgan fingerprint density at radius 3 is 2.68 bits per heavy atom. The minimum absolute atomic E-state index is 0.0160. The quantitative estimate of drug-likeness (QED) is 0.592. The van der Waals surface area contributed by atoms with Crippen LogP contribution in [-0.2, 0) is 14.4 Å². The highest BCUT2D eigenvalue weighted by atomic mass is 16.7. The molecule has 7 nitrogen and oxygen atoms in total. The van der Waals surface area contributed by atoms with Crippen molar-refractivity contribution >= 4 is 11.6 Å². The number of Topliss-reactive ketones (excluding diaryl/α,β-unsaturated/α-hetero) is 1. The number of hydrogen-bond acceptors (Lipinski definition) is 7. The van der Waals surface area contributed by atoms with Crippen molar-refractivity contribution in [3.05, 3.63) is 54.1 Å². The van der Waals surface area contributed by atoms with E-state index < -0.39 is 34.6 Å². The van der Waals surface area contributed by atoms with Gasteiger partial charge in [0.1, 0.15) is 19.0 Å². The van der Waals surface area contributed by atoms with Gasteiger partial charge in [0.05, 0.1) is 12.6 Å². The molecule has 204 valence electrons. The smallest absolute Gasteiger partial charge is 0.192 e. The van der Waals surface area contributed by atoms with Gasteiger partial charge >= 0.3 is 0 Å². The van der Waals surface area contributed by atoms with E-state index in [-0.39, 0.29) is 29.3 Å². The normalized spacial score (nSPS) is 43.6. The molecular weight excluding hydrogens is 482 g/mol. The second-order valence-corrected chi connectivity index (χ2v) is 12.7. The molecule has 38 heavy (non-hydrogen) atoms. The third kappa shape index (κ3) is 3.28. The molecule has 0 amide bonds. The van der Waals surface area contributed by atoms with Crippen LogP contribution in [0.3, 0.4) is 0 Å². The molecule has 1 aliphatic heterocycles. The van der Waals surface area contributed by atoms with Gasteiger partial charge < -0.3 is 14.9 Å². The number of ether oxygens (including phenoxy) is 1. The molecule has 4 aliphatic carbocycles. The summed E-state index contributed by atoms with van der Waals surface area (Å²) in [4.78, 5) is 32.4. The Labute approximate surface area is 224 Å². The second-order valence-electron chi connectivity index (χ2n) is 12.7. The van der Waals surface area contributed by atoms with Crippen LogP contribution in [0.25, 0.3) is 0 Å². The number of hydrogen-bond donors (Lipinski definition) is 2. The minimum Gasteiger partial charge on any atom is -0.492 e. The first-order valence-corrected chi connectivity index (χ1v) is 14.0. The van der Waals surface area contributed by atoms with Crippen molar-refractivity contribution in [3.8, 4) is 5.75 Å². The summed E-state index contributed by atoms with van der Waals surface area (Å²) >= 11 is 0. The standard InChI is InChI=1S/C31H39NO6/c1-28-12-11-22(34)15-20(28)9-10-24-25-16-21-18-32(13-14-37-23-7-5-4-6-8-23)38-31(21,27(36)19-33)29(25,2)17-26(35)30(24,28)3/h4-8,11-12,15,21,24-26,33,35H,9-10,13-14,16-19H2,1-3H3. The highest BCUT2D eigenvalue weighted by Crippen LogP contribution is 2.74. The number of aliphatic hydroxyl groups excluding tert-OH is 2. The summed E-state index contributed by atoms with van der Waals surface area (Å²) in [7, 11) is 0. The fraction of sp³-hybridized carbons (Fsp3) is 0.613. The SMILES string of the molecule is CC12C=CC(=O)C=C1CCC1C3CC4CN(CCOc5ccccc5)OC4(C(=O)CO)C3(C)CC(O)C12C. The molecule has 3 saturated carbocycles. The summed E-state index contributed by atoms with van der Waals surface area (Å²) < 4.78 is 5.88. The summed E-state index contributed by atoms with van der Waals surface area (Å²) in [5, 5.41) is 23.9. The molecule has 2 N–H and O–H groups in total. The van der Waals surface area contributed by atoms with Gasteiger partial charge in [0, 0.05) is 28.7 Å². The van der Waals surface area contributed by atoms with Gasteiger partial charge in [-0.2, -0.15) is 5.06 Å². The molecule has 6 rings (SSSR count). The topological polar surface area (TPSA) is 96.3 Å². The molecule has 1 saturated heterocycles. The average Bonchev–Trinajstić information content (AvgIpc) is 3.38. The lowest BCUT2D eigenvalue weighted by atomic mass is 9.39. The zero-order valence-corrected chi connectivity index (χ0v) is 22.6. The number of allylic oxidation sites excluding steroid dienone is 4. The molecule has 7 heteroatoms. The van der Waals surface area contributed by atoms with E-state index in [9.17, 15) is 19.8 Å². The van der Waals surface area contributed by atoms with Crippen molar-refractivity contribution in [1.29, 1.82) is 0 Å². The predicted octanol–water partition coefficient (Wildman–Crippen LogP) is 3.51. The van der Waals surface area contributed by atoms with E-state index in [1.165, 1.54) is 0 Å². The number of carbonyl (C=O) groups excluding carboxylic acids is 2. The molecule has 1 aromatic rings. The number of rotatable bonds is 6. The van der Waals surface area contributed by atoms with E-state index in [2.05, 4.69) is 20.8 Å². The maximum absolute atomic E-state index is 13.6. The molecule has 4 fully saturated rings. The maximum Gasteiger partial charge on any atom is 0.192 e. The number of ketones is 2. The Hall–Kier alpha value is -2.32. The molecule has 0 aromatic heterocycles. The van der Waals surface area contributed by atoms with Crippen molar-refractivity contribution in [2.75, 3.05) is 26.3 Å². The van der Waals surface area contributed by atoms with Crippen molar-refractivity contribution < 1.29 is 29.4 Å². The Balaban J connectivity index is 1.30. The second kappa shape index (κ2) is 8.85. The van der Waals surface area contributed by atoms with Crippen LogP contribution >= 0.6 is 0 Å². The summed E-state index contributed by atoms with van der Waals surface area (Å²) in [6.45, 7) is 7.37. The zero-order chi connectivity index (χ0) is 26.9. The molecule has 8 unspecified atom stereocenters.